The van der Waals surface area contributed by atoms with Gasteiger partial charge in [0.2, 0.25) is 0 Å². The van der Waals surface area contributed by atoms with E-state index in [9.17, 15) is 0 Å². The van der Waals surface area contributed by atoms with Crippen LogP contribution < -0.4 is 5.32 Å². The molecule has 1 aromatic carbocycles. The van der Waals surface area contributed by atoms with Gasteiger partial charge in [-0.2, -0.15) is 0 Å². The Kier molecular flexibility index (Phi) is 4.94. The van der Waals surface area contributed by atoms with E-state index in [-0.39, 0.29) is 0 Å². The summed E-state index contributed by atoms with van der Waals surface area (Å²) in [6.07, 6.45) is 2.36. The lowest BCUT2D eigenvalue weighted by Gasteiger charge is -2.50. The van der Waals surface area contributed by atoms with E-state index in [4.69, 9.17) is 0 Å². The van der Waals surface area contributed by atoms with Crippen molar-refractivity contribution in [2.45, 2.75) is 38.8 Å². The van der Waals surface area contributed by atoms with Gasteiger partial charge in [0.1, 0.15) is 0 Å². The van der Waals surface area contributed by atoms with Crippen LogP contribution in [0.4, 0.5) is 0 Å². The van der Waals surface area contributed by atoms with Gasteiger partial charge in [-0.15, -0.1) is 0 Å². The first kappa shape index (κ1) is 15.0. The van der Waals surface area contributed by atoms with E-state index in [1.165, 1.54) is 50.3 Å². The molecule has 3 nitrogen and oxygen atoms in total. The van der Waals surface area contributed by atoms with Crippen molar-refractivity contribution in [3.05, 3.63) is 35.4 Å². The number of nitrogens with zero attached hydrogens (tertiary/aromatic N) is 2. The van der Waals surface area contributed by atoms with E-state index in [0.29, 0.717) is 12.1 Å². The van der Waals surface area contributed by atoms with E-state index >= 15 is 0 Å². The Balaban J connectivity index is 1.69. The minimum Gasteiger partial charge on any atom is -0.312 e. The van der Waals surface area contributed by atoms with Gasteiger partial charge in [0, 0.05) is 44.8 Å². The van der Waals surface area contributed by atoms with Crippen LogP contribution in [0.3, 0.4) is 0 Å². The molecule has 1 aromatic rings. The molecule has 0 aliphatic carbocycles. The number of aryl methyl sites for hydroxylation is 1. The quantitative estimate of drug-likeness (QED) is 0.862. The average molecular weight is 287 g/mol. The molecule has 0 aromatic heterocycles. The lowest BCUT2D eigenvalue weighted by atomic mass is 9.94. The summed E-state index contributed by atoms with van der Waals surface area (Å²) in [5.74, 6) is 0. The molecule has 3 aliphatic heterocycles. The maximum Gasteiger partial charge on any atom is 0.0380 e. The van der Waals surface area contributed by atoms with Crippen molar-refractivity contribution >= 4 is 0 Å². The summed E-state index contributed by atoms with van der Waals surface area (Å²) in [5, 5.41) is 3.82. The van der Waals surface area contributed by atoms with Crippen LogP contribution >= 0.6 is 0 Å². The topological polar surface area (TPSA) is 18.5 Å². The highest BCUT2D eigenvalue weighted by molar-refractivity contribution is 5.22. The lowest BCUT2D eigenvalue weighted by Crippen LogP contribution is -2.66. The van der Waals surface area contributed by atoms with Crippen LogP contribution in [0.1, 0.15) is 24.5 Å². The fourth-order valence-electron chi connectivity index (χ4n) is 3.69. The van der Waals surface area contributed by atoms with E-state index < -0.39 is 0 Å². The molecule has 0 radical (unpaired) electrons. The molecule has 0 saturated carbocycles. The summed E-state index contributed by atoms with van der Waals surface area (Å²) in [5.41, 5.74) is 2.82. The summed E-state index contributed by atoms with van der Waals surface area (Å²) in [4.78, 5) is 5.35. The normalized spacial score (nSPS) is 29.5. The zero-order chi connectivity index (χ0) is 14.7. The molecule has 4 rings (SSSR count). The molecule has 21 heavy (non-hydrogen) atoms. The standard InChI is InChI=1S/C18H29N3/c1-3-8-19-17(13-16-6-4-15(2)5-7-16)18-14-20-9-11-21(18)12-10-20/h4-7,17-19H,3,8-14H2,1-2H3. The minimum atomic E-state index is 0.579. The van der Waals surface area contributed by atoms with Crippen LogP contribution in [0.2, 0.25) is 0 Å². The zero-order valence-electron chi connectivity index (χ0n) is 13.5. The SMILES string of the molecule is CCCNC(Cc1ccc(C)cc1)C1CN2CCN1CC2. The van der Waals surface area contributed by atoms with E-state index in [2.05, 4.69) is 53.2 Å². The Morgan fingerprint density at radius 1 is 1.14 bits per heavy atom. The highest BCUT2D eigenvalue weighted by Crippen LogP contribution is 2.20. The van der Waals surface area contributed by atoms with Crippen molar-refractivity contribution in [2.24, 2.45) is 0 Å². The summed E-state index contributed by atoms with van der Waals surface area (Å²) in [7, 11) is 0. The van der Waals surface area contributed by atoms with Gasteiger partial charge >= 0.3 is 0 Å². The summed E-state index contributed by atoms with van der Waals surface area (Å²) in [6.45, 7) is 11.8. The van der Waals surface area contributed by atoms with Crippen LogP contribution in [0, 0.1) is 6.92 Å². The summed E-state index contributed by atoms with van der Waals surface area (Å²) < 4.78 is 0. The van der Waals surface area contributed by atoms with Crippen molar-refractivity contribution in [1.29, 1.82) is 0 Å². The van der Waals surface area contributed by atoms with Crippen molar-refractivity contribution < 1.29 is 0 Å². The molecule has 116 valence electrons. The van der Waals surface area contributed by atoms with Crippen LogP contribution in [-0.4, -0.2) is 61.2 Å². The number of hydrogen-bond acceptors (Lipinski definition) is 3. The van der Waals surface area contributed by atoms with Gasteiger partial charge in [0.05, 0.1) is 0 Å². The number of fused-ring (bicyclic) bond motifs is 3. The zero-order valence-corrected chi connectivity index (χ0v) is 13.5. The Labute approximate surface area is 129 Å². The van der Waals surface area contributed by atoms with Gasteiger partial charge in [-0.3, -0.25) is 9.80 Å². The third kappa shape index (κ3) is 3.65. The van der Waals surface area contributed by atoms with E-state index in [1.807, 2.05) is 0 Å². The molecule has 3 heterocycles. The highest BCUT2D eigenvalue weighted by atomic mass is 15.4. The predicted molar refractivity (Wildman–Crippen MR) is 88.8 cm³/mol. The van der Waals surface area contributed by atoms with Gasteiger partial charge < -0.3 is 5.32 Å². The summed E-state index contributed by atoms with van der Waals surface area (Å²) >= 11 is 0. The Bertz CT molecular complexity index is 434. The average Bonchev–Trinajstić information content (AvgIpc) is 2.54. The first-order valence-corrected chi connectivity index (χ1v) is 8.51. The van der Waals surface area contributed by atoms with Crippen LogP contribution in [-0.2, 0) is 6.42 Å². The monoisotopic (exact) mass is 287 g/mol. The van der Waals surface area contributed by atoms with Crippen molar-refractivity contribution in [3.63, 3.8) is 0 Å². The lowest BCUT2D eigenvalue weighted by molar-refractivity contribution is -0.00309. The molecular weight excluding hydrogens is 258 g/mol. The van der Waals surface area contributed by atoms with Gasteiger partial charge in [-0.1, -0.05) is 36.8 Å². The largest absolute Gasteiger partial charge is 0.312 e. The second kappa shape index (κ2) is 6.91. The van der Waals surface area contributed by atoms with Crippen LogP contribution in [0.25, 0.3) is 0 Å². The van der Waals surface area contributed by atoms with Crippen LogP contribution in [0.15, 0.2) is 24.3 Å². The smallest absolute Gasteiger partial charge is 0.0380 e. The molecule has 2 bridgehead atoms. The highest BCUT2D eigenvalue weighted by Gasteiger charge is 2.36. The Morgan fingerprint density at radius 2 is 1.86 bits per heavy atom. The van der Waals surface area contributed by atoms with E-state index in [1.54, 1.807) is 0 Å². The second-order valence-electron chi connectivity index (χ2n) is 6.65. The second-order valence-corrected chi connectivity index (χ2v) is 6.65. The fourth-order valence-corrected chi connectivity index (χ4v) is 3.69. The first-order chi connectivity index (χ1) is 10.3. The van der Waals surface area contributed by atoms with Gasteiger partial charge in [-0.25, -0.2) is 0 Å². The first-order valence-electron chi connectivity index (χ1n) is 8.51. The summed E-state index contributed by atoms with van der Waals surface area (Å²) in [6, 6.07) is 10.3. The maximum absolute atomic E-state index is 3.82. The Morgan fingerprint density at radius 3 is 2.43 bits per heavy atom. The number of rotatable bonds is 6. The molecule has 2 unspecified atom stereocenters. The molecule has 0 amide bonds. The molecule has 3 fully saturated rings. The predicted octanol–water partition coefficient (Wildman–Crippen LogP) is 1.91. The maximum atomic E-state index is 3.82. The molecule has 0 spiro atoms. The molecule has 3 saturated heterocycles. The minimum absolute atomic E-state index is 0.579. The van der Waals surface area contributed by atoms with Crippen molar-refractivity contribution in [2.75, 3.05) is 39.3 Å². The van der Waals surface area contributed by atoms with Gasteiger partial charge in [0.15, 0.2) is 0 Å². The molecule has 3 aliphatic rings. The number of benzene rings is 1. The van der Waals surface area contributed by atoms with Crippen molar-refractivity contribution in [1.82, 2.24) is 15.1 Å². The molecule has 2 atom stereocenters. The van der Waals surface area contributed by atoms with E-state index in [0.717, 1.165) is 13.0 Å². The molecule has 3 heteroatoms. The number of hydrogen-bond donors (Lipinski definition) is 1. The fraction of sp³-hybridized carbons (Fsp3) is 0.667. The third-order valence-corrected chi connectivity index (χ3v) is 5.02. The van der Waals surface area contributed by atoms with Crippen LogP contribution in [0.5, 0.6) is 0 Å². The number of nitrogens with one attached hydrogen (secondary N) is 1. The number of piperazine rings is 3. The Hall–Kier alpha value is -0.900. The van der Waals surface area contributed by atoms with Gasteiger partial charge in [-0.05, 0) is 31.9 Å². The van der Waals surface area contributed by atoms with Crippen molar-refractivity contribution in [3.8, 4) is 0 Å². The molecular formula is C18H29N3. The van der Waals surface area contributed by atoms with Gasteiger partial charge in [0.25, 0.3) is 0 Å². The third-order valence-electron chi connectivity index (χ3n) is 5.02. The molecule has 1 N–H and O–H groups in total.